The summed E-state index contributed by atoms with van der Waals surface area (Å²) >= 11 is 0. The van der Waals surface area contributed by atoms with Gasteiger partial charge in [-0.3, -0.25) is 9.78 Å². The molecule has 1 unspecified atom stereocenters. The summed E-state index contributed by atoms with van der Waals surface area (Å²) in [6.07, 6.45) is 3.83. The van der Waals surface area contributed by atoms with Crippen LogP contribution in [0.5, 0.6) is 11.5 Å². The lowest BCUT2D eigenvalue weighted by Crippen LogP contribution is -2.33. The Labute approximate surface area is 123 Å². The smallest absolute Gasteiger partial charge is 0.251 e. The van der Waals surface area contributed by atoms with Crippen molar-refractivity contribution in [3.8, 4) is 11.5 Å². The molecule has 21 heavy (non-hydrogen) atoms. The number of aromatic nitrogens is 1. The SMILES string of the molecule is CC(CCO)NC(=O)c1ccc(Oc2cccnc2)cc1. The van der Waals surface area contributed by atoms with Gasteiger partial charge in [-0.1, -0.05) is 0 Å². The largest absolute Gasteiger partial charge is 0.456 e. The van der Waals surface area contributed by atoms with Gasteiger partial charge in [0, 0.05) is 24.4 Å². The normalized spacial score (nSPS) is 11.7. The second-order valence-electron chi connectivity index (χ2n) is 4.70. The number of hydrogen-bond acceptors (Lipinski definition) is 4. The molecule has 110 valence electrons. The highest BCUT2D eigenvalue weighted by Gasteiger charge is 2.09. The van der Waals surface area contributed by atoms with Crippen molar-refractivity contribution < 1.29 is 14.6 Å². The van der Waals surface area contributed by atoms with Gasteiger partial charge < -0.3 is 15.2 Å². The molecule has 2 N–H and O–H groups in total. The van der Waals surface area contributed by atoms with E-state index in [1.54, 1.807) is 42.7 Å². The van der Waals surface area contributed by atoms with Crippen LogP contribution in [0.1, 0.15) is 23.7 Å². The van der Waals surface area contributed by atoms with Gasteiger partial charge in [0.2, 0.25) is 0 Å². The maximum absolute atomic E-state index is 12.0. The number of ether oxygens (including phenoxy) is 1. The highest BCUT2D eigenvalue weighted by molar-refractivity contribution is 5.94. The number of nitrogens with one attached hydrogen (secondary N) is 1. The van der Waals surface area contributed by atoms with Gasteiger partial charge in [-0.2, -0.15) is 0 Å². The van der Waals surface area contributed by atoms with E-state index in [1.807, 2.05) is 13.0 Å². The summed E-state index contributed by atoms with van der Waals surface area (Å²) in [6.45, 7) is 1.91. The summed E-state index contributed by atoms with van der Waals surface area (Å²) in [4.78, 5) is 15.9. The number of aliphatic hydroxyl groups is 1. The Morgan fingerprint density at radius 3 is 2.67 bits per heavy atom. The molecule has 0 saturated heterocycles. The van der Waals surface area contributed by atoms with Crippen molar-refractivity contribution >= 4 is 5.91 Å². The molecule has 0 radical (unpaired) electrons. The standard InChI is InChI=1S/C16H18N2O3/c1-12(8-10-19)18-16(20)13-4-6-14(7-5-13)21-15-3-2-9-17-11-15/h2-7,9,11-12,19H,8,10H2,1H3,(H,18,20). The highest BCUT2D eigenvalue weighted by Crippen LogP contribution is 2.20. The fourth-order valence-electron chi connectivity index (χ4n) is 1.79. The van der Waals surface area contributed by atoms with Crippen molar-refractivity contribution in [1.82, 2.24) is 10.3 Å². The number of carbonyl (C=O) groups excluding carboxylic acids is 1. The Balaban J connectivity index is 1.97. The van der Waals surface area contributed by atoms with Crippen molar-refractivity contribution in [2.24, 2.45) is 0 Å². The molecule has 1 heterocycles. The lowest BCUT2D eigenvalue weighted by molar-refractivity contribution is 0.0934. The Kier molecular flexibility index (Phi) is 5.29. The van der Waals surface area contributed by atoms with Crippen LogP contribution in [0.3, 0.4) is 0 Å². The van der Waals surface area contributed by atoms with E-state index >= 15 is 0 Å². The fraction of sp³-hybridized carbons (Fsp3) is 0.250. The summed E-state index contributed by atoms with van der Waals surface area (Å²) in [5.74, 6) is 1.12. The lowest BCUT2D eigenvalue weighted by Gasteiger charge is -2.12. The monoisotopic (exact) mass is 286 g/mol. The molecule has 1 amide bonds. The minimum absolute atomic E-state index is 0.0549. The molecule has 1 aromatic carbocycles. The third kappa shape index (κ3) is 4.57. The summed E-state index contributed by atoms with van der Waals surface area (Å²) in [5.41, 5.74) is 0.554. The quantitative estimate of drug-likeness (QED) is 0.855. The summed E-state index contributed by atoms with van der Waals surface area (Å²) in [5, 5.41) is 11.6. The summed E-state index contributed by atoms with van der Waals surface area (Å²) in [7, 11) is 0. The Bertz CT molecular complexity index is 570. The first kappa shape index (κ1) is 15.0. The average Bonchev–Trinajstić information content (AvgIpc) is 2.49. The van der Waals surface area contributed by atoms with E-state index in [-0.39, 0.29) is 18.6 Å². The van der Waals surface area contributed by atoms with E-state index < -0.39 is 0 Å². The zero-order chi connectivity index (χ0) is 15.1. The van der Waals surface area contributed by atoms with E-state index in [2.05, 4.69) is 10.3 Å². The number of pyridine rings is 1. The predicted octanol–water partition coefficient (Wildman–Crippen LogP) is 2.37. The first-order valence-electron chi connectivity index (χ1n) is 6.78. The zero-order valence-corrected chi connectivity index (χ0v) is 11.8. The van der Waals surface area contributed by atoms with Crippen LogP contribution in [0.2, 0.25) is 0 Å². The Hall–Kier alpha value is -2.40. The third-order valence-electron chi connectivity index (χ3n) is 2.93. The van der Waals surface area contributed by atoms with Gasteiger partial charge in [-0.15, -0.1) is 0 Å². The zero-order valence-electron chi connectivity index (χ0n) is 11.8. The topological polar surface area (TPSA) is 71.5 Å². The van der Waals surface area contributed by atoms with E-state index in [1.165, 1.54) is 0 Å². The molecule has 5 nitrogen and oxygen atoms in total. The fourth-order valence-corrected chi connectivity index (χ4v) is 1.79. The molecule has 2 aromatic rings. The summed E-state index contributed by atoms with van der Waals surface area (Å²) < 4.78 is 5.61. The van der Waals surface area contributed by atoms with Gasteiger partial charge in [-0.25, -0.2) is 0 Å². The molecule has 2 rings (SSSR count). The van der Waals surface area contributed by atoms with Crippen LogP contribution in [0.4, 0.5) is 0 Å². The average molecular weight is 286 g/mol. The van der Waals surface area contributed by atoms with Crippen molar-refractivity contribution in [2.75, 3.05) is 6.61 Å². The molecular weight excluding hydrogens is 268 g/mol. The van der Waals surface area contributed by atoms with E-state index in [0.717, 1.165) is 0 Å². The Morgan fingerprint density at radius 2 is 2.05 bits per heavy atom. The van der Waals surface area contributed by atoms with Gasteiger partial charge in [-0.05, 0) is 49.7 Å². The van der Waals surface area contributed by atoms with E-state index in [0.29, 0.717) is 23.5 Å². The number of aliphatic hydroxyl groups excluding tert-OH is 1. The molecule has 0 saturated carbocycles. The van der Waals surface area contributed by atoms with E-state index in [9.17, 15) is 4.79 Å². The Morgan fingerprint density at radius 1 is 1.29 bits per heavy atom. The minimum atomic E-state index is -0.163. The molecule has 5 heteroatoms. The van der Waals surface area contributed by atoms with Gasteiger partial charge in [0.25, 0.3) is 5.91 Å². The number of hydrogen-bond donors (Lipinski definition) is 2. The summed E-state index contributed by atoms with van der Waals surface area (Å²) in [6, 6.07) is 10.4. The third-order valence-corrected chi connectivity index (χ3v) is 2.93. The molecule has 0 fully saturated rings. The van der Waals surface area contributed by atoms with Crippen molar-refractivity contribution in [1.29, 1.82) is 0 Å². The van der Waals surface area contributed by atoms with Gasteiger partial charge in [0.1, 0.15) is 11.5 Å². The van der Waals surface area contributed by atoms with Crippen LogP contribution in [-0.2, 0) is 0 Å². The second-order valence-corrected chi connectivity index (χ2v) is 4.70. The first-order chi connectivity index (χ1) is 10.2. The number of rotatable bonds is 6. The molecule has 1 atom stereocenters. The number of carbonyl (C=O) groups is 1. The lowest BCUT2D eigenvalue weighted by atomic mass is 10.1. The van der Waals surface area contributed by atoms with Crippen LogP contribution in [-0.4, -0.2) is 28.6 Å². The van der Waals surface area contributed by atoms with Crippen molar-refractivity contribution in [3.63, 3.8) is 0 Å². The maximum Gasteiger partial charge on any atom is 0.251 e. The van der Waals surface area contributed by atoms with Crippen molar-refractivity contribution in [2.45, 2.75) is 19.4 Å². The minimum Gasteiger partial charge on any atom is -0.456 e. The van der Waals surface area contributed by atoms with Crippen LogP contribution in [0, 0.1) is 0 Å². The van der Waals surface area contributed by atoms with Gasteiger partial charge in [0.15, 0.2) is 0 Å². The second kappa shape index (κ2) is 7.40. The molecular formula is C16H18N2O3. The molecule has 0 bridgehead atoms. The van der Waals surface area contributed by atoms with Crippen molar-refractivity contribution in [3.05, 3.63) is 54.4 Å². The number of benzene rings is 1. The van der Waals surface area contributed by atoms with Crippen LogP contribution >= 0.6 is 0 Å². The van der Waals surface area contributed by atoms with Crippen LogP contribution in [0.25, 0.3) is 0 Å². The predicted molar refractivity (Wildman–Crippen MR) is 79.4 cm³/mol. The molecule has 1 aromatic heterocycles. The first-order valence-corrected chi connectivity index (χ1v) is 6.78. The van der Waals surface area contributed by atoms with Gasteiger partial charge in [0.05, 0.1) is 6.20 Å². The number of nitrogens with zero attached hydrogens (tertiary/aromatic N) is 1. The molecule has 0 aliphatic heterocycles. The number of amides is 1. The van der Waals surface area contributed by atoms with Crippen LogP contribution in [0.15, 0.2) is 48.8 Å². The highest BCUT2D eigenvalue weighted by atomic mass is 16.5. The van der Waals surface area contributed by atoms with Gasteiger partial charge >= 0.3 is 0 Å². The molecule has 0 aliphatic rings. The van der Waals surface area contributed by atoms with Crippen LogP contribution < -0.4 is 10.1 Å². The maximum atomic E-state index is 12.0. The molecule has 0 aliphatic carbocycles. The van der Waals surface area contributed by atoms with E-state index in [4.69, 9.17) is 9.84 Å². The molecule has 0 spiro atoms.